The minimum atomic E-state index is -4.65. The number of rotatable bonds is 5. The highest BCUT2D eigenvalue weighted by atomic mass is 19.4. The fraction of sp³-hybridized carbons (Fsp3) is 0.286. The zero-order valence-electron chi connectivity index (χ0n) is 15.9. The highest BCUT2D eigenvalue weighted by Crippen LogP contribution is 2.39. The number of hydrogen-bond donors (Lipinski definition) is 2. The van der Waals surface area contributed by atoms with Gasteiger partial charge in [-0.15, -0.1) is 0 Å². The first-order valence-corrected chi connectivity index (χ1v) is 9.05. The van der Waals surface area contributed by atoms with Crippen LogP contribution in [-0.4, -0.2) is 21.0 Å². The molecule has 3 aromatic rings. The van der Waals surface area contributed by atoms with E-state index in [0.717, 1.165) is 18.5 Å². The number of alkyl halides is 3. The molecule has 0 aliphatic carbocycles. The Balaban J connectivity index is 2.18. The average Bonchev–Trinajstić information content (AvgIpc) is 2.66. The van der Waals surface area contributed by atoms with Crippen LogP contribution in [0.4, 0.5) is 13.2 Å². The maximum atomic E-state index is 13.6. The molecule has 0 saturated carbocycles. The largest absolute Gasteiger partial charge is 0.505 e. The zero-order chi connectivity index (χ0) is 21.2. The van der Waals surface area contributed by atoms with E-state index in [4.69, 9.17) is 0 Å². The molecule has 0 bridgehead atoms. The normalized spacial score (nSPS) is 12.9. The number of halogens is 3. The molecule has 152 valence electrons. The molecule has 3 rings (SSSR count). The highest BCUT2D eigenvalue weighted by Gasteiger charge is 2.37. The topological polar surface area (TPSA) is 75.1 Å². The SMILES string of the molecule is CC(C)CC(=O)NC(c1cnccc1C(F)(F)F)c1ccc2cccnc2c1O. The molecule has 1 atom stereocenters. The van der Waals surface area contributed by atoms with Crippen LogP contribution in [0.15, 0.2) is 48.9 Å². The summed E-state index contributed by atoms with van der Waals surface area (Å²) in [6.45, 7) is 3.66. The number of aromatic nitrogens is 2. The standard InChI is InChI=1S/C21H20F3N3O2/c1-12(2)10-17(28)27-19(15-11-25-9-7-16(15)21(22,23)24)14-6-5-13-4-3-8-26-18(13)20(14)29/h3-9,11-12,19,29H,10H2,1-2H3,(H,27,28). The summed E-state index contributed by atoms with van der Waals surface area (Å²) >= 11 is 0. The van der Waals surface area contributed by atoms with Crippen LogP contribution in [0.3, 0.4) is 0 Å². The van der Waals surface area contributed by atoms with Gasteiger partial charge in [-0.1, -0.05) is 32.0 Å². The first-order chi connectivity index (χ1) is 13.7. The van der Waals surface area contributed by atoms with Gasteiger partial charge in [0.05, 0.1) is 11.6 Å². The molecule has 0 fully saturated rings. The number of hydrogen-bond acceptors (Lipinski definition) is 4. The van der Waals surface area contributed by atoms with Crippen LogP contribution in [0, 0.1) is 5.92 Å². The second kappa shape index (κ2) is 8.06. The predicted octanol–water partition coefficient (Wildman–Crippen LogP) is 4.61. The third-order valence-electron chi connectivity index (χ3n) is 4.46. The second-order valence-electron chi connectivity index (χ2n) is 7.14. The second-order valence-corrected chi connectivity index (χ2v) is 7.14. The lowest BCUT2D eigenvalue weighted by molar-refractivity contribution is -0.138. The molecule has 2 heterocycles. The van der Waals surface area contributed by atoms with Crippen LogP contribution in [0.25, 0.3) is 10.9 Å². The van der Waals surface area contributed by atoms with Crippen molar-refractivity contribution in [3.8, 4) is 5.75 Å². The van der Waals surface area contributed by atoms with Gasteiger partial charge in [0.1, 0.15) is 11.3 Å². The lowest BCUT2D eigenvalue weighted by atomic mass is 9.93. The molecule has 29 heavy (non-hydrogen) atoms. The van der Waals surface area contributed by atoms with Gasteiger partial charge in [0.25, 0.3) is 0 Å². The van der Waals surface area contributed by atoms with Crippen molar-refractivity contribution in [2.24, 2.45) is 5.92 Å². The number of fused-ring (bicyclic) bond motifs is 1. The van der Waals surface area contributed by atoms with Crippen molar-refractivity contribution in [2.75, 3.05) is 0 Å². The van der Waals surface area contributed by atoms with Crippen molar-refractivity contribution in [3.05, 3.63) is 65.6 Å². The van der Waals surface area contributed by atoms with Gasteiger partial charge in [0.2, 0.25) is 5.91 Å². The maximum Gasteiger partial charge on any atom is 0.416 e. The van der Waals surface area contributed by atoms with Crippen LogP contribution in [0.5, 0.6) is 5.75 Å². The highest BCUT2D eigenvalue weighted by molar-refractivity contribution is 5.86. The third kappa shape index (κ3) is 4.47. The Kier molecular flexibility index (Phi) is 5.72. The summed E-state index contributed by atoms with van der Waals surface area (Å²) in [6, 6.07) is 6.16. The number of pyridine rings is 2. The van der Waals surface area contributed by atoms with Gasteiger partial charge >= 0.3 is 6.18 Å². The number of phenolic OH excluding ortho intramolecular Hbond substituents is 1. The van der Waals surface area contributed by atoms with Crippen molar-refractivity contribution < 1.29 is 23.1 Å². The fourth-order valence-corrected chi connectivity index (χ4v) is 3.19. The van der Waals surface area contributed by atoms with E-state index in [0.29, 0.717) is 5.39 Å². The van der Waals surface area contributed by atoms with Crippen LogP contribution in [-0.2, 0) is 11.0 Å². The number of carbonyl (C=O) groups excluding carboxylic acids is 1. The maximum absolute atomic E-state index is 13.6. The molecule has 0 saturated heterocycles. The Labute approximate surface area is 165 Å². The predicted molar refractivity (Wildman–Crippen MR) is 102 cm³/mol. The van der Waals surface area contributed by atoms with Crippen molar-refractivity contribution in [1.29, 1.82) is 0 Å². The summed E-state index contributed by atoms with van der Waals surface area (Å²) in [6.07, 6.45) is -0.940. The number of carbonyl (C=O) groups is 1. The van der Waals surface area contributed by atoms with E-state index in [9.17, 15) is 23.1 Å². The molecular weight excluding hydrogens is 383 g/mol. The number of aromatic hydroxyl groups is 1. The molecule has 1 aromatic carbocycles. The smallest absolute Gasteiger partial charge is 0.416 e. The lowest BCUT2D eigenvalue weighted by Gasteiger charge is -2.24. The molecule has 0 aliphatic heterocycles. The molecular formula is C21H20F3N3O2. The summed E-state index contributed by atoms with van der Waals surface area (Å²) in [4.78, 5) is 20.4. The summed E-state index contributed by atoms with van der Waals surface area (Å²) in [5.74, 6) is -0.698. The lowest BCUT2D eigenvalue weighted by Crippen LogP contribution is -2.31. The molecule has 2 N–H and O–H groups in total. The summed E-state index contributed by atoms with van der Waals surface area (Å²) in [5.41, 5.74) is -0.817. The Morgan fingerprint density at radius 1 is 1.14 bits per heavy atom. The Morgan fingerprint density at radius 3 is 2.59 bits per heavy atom. The first kappa shape index (κ1) is 20.6. The molecule has 1 unspecified atom stereocenters. The molecule has 0 radical (unpaired) electrons. The monoisotopic (exact) mass is 403 g/mol. The van der Waals surface area contributed by atoms with Crippen LogP contribution in [0.1, 0.15) is 43.0 Å². The van der Waals surface area contributed by atoms with Gasteiger partial charge in [-0.2, -0.15) is 13.2 Å². The van der Waals surface area contributed by atoms with Gasteiger partial charge in [-0.25, -0.2) is 0 Å². The van der Waals surface area contributed by atoms with Gasteiger partial charge < -0.3 is 10.4 Å². The molecule has 8 heteroatoms. The van der Waals surface area contributed by atoms with Crippen molar-refractivity contribution in [3.63, 3.8) is 0 Å². The summed E-state index contributed by atoms with van der Waals surface area (Å²) in [7, 11) is 0. The van der Waals surface area contributed by atoms with E-state index in [-0.39, 0.29) is 34.7 Å². The summed E-state index contributed by atoms with van der Waals surface area (Å²) < 4.78 is 40.8. The number of nitrogens with zero attached hydrogens (tertiary/aromatic N) is 2. The average molecular weight is 403 g/mol. The van der Waals surface area contributed by atoms with E-state index >= 15 is 0 Å². The Morgan fingerprint density at radius 2 is 1.90 bits per heavy atom. The van der Waals surface area contributed by atoms with Crippen molar-refractivity contribution >= 4 is 16.8 Å². The fourth-order valence-electron chi connectivity index (χ4n) is 3.19. The minimum absolute atomic E-state index is 0.0125. The van der Waals surface area contributed by atoms with E-state index in [1.54, 1.807) is 18.2 Å². The molecule has 5 nitrogen and oxygen atoms in total. The molecule has 2 aromatic heterocycles. The molecule has 1 amide bonds. The molecule has 0 spiro atoms. The Hall–Kier alpha value is -3.16. The van der Waals surface area contributed by atoms with Crippen LogP contribution < -0.4 is 5.32 Å². The van der Waals surface area contributed by atoms with E-state index in [1.165, 1.54) is 12.3 Å². The van der Waals surface area contributed by atoms with Gasteiger partial charge in [-0.05, 0) is 18.1 Å². The van der Waals surface area contributed by atoms with E-state index in [2.05, 4.69) is 15.3 Å². The van der Waals surface area contributed by atoms with Gasteiger partial charge in [0, 0.05) is 41.5 Å². The van der Waals surface area contributed by atoms with Gasteiger partial charge in [0.15, 0.2) is 0 Å². The summed E-state index contributed by atoms with van der Waals surface area (Å²) in [5, 5.41) is 14.0. The van der Waals surface area contributed by atoms with Crippen LogP contribution in [0.2, 0.25) is 0 Å². The Bertz CT molecular complexity index is 1040. The number of phenols is 1. The van der Waals surface area contributed by atoms with Crippen molar-refractivity contribution in [1.82, 2.24) is 15.3 Å². The third-order valence-corrected chi connectivity index (χ3v) is 4.46. The van der Waals surface area contributed by atoms with Crippen LogP contribution >= 0.6 is 0 Å². The minimum Gasteiger partial charge on any atom is -0.505 e. The quantitative estimate of drug-likeness (QED) is 0.653. The van der Waals surface area contributed by atoms with Gasteiger partial charge in [-0.3, -0.25) is 14.8 Å². The number of nitrogens with one attached hydrogen (secondary N) is 1. The first-order valence-electron chi connectivity index (χ1n) is 9.05. The zero-order valence-corrected chi connectivity index (χ0v) is 15.9. The molecule has 0 aliphatic rings. The number of benzene rings is 1. The number of amides is 1. The van der Waals surface area contributed by atoms with Crippen molar-refractivity contribution in [2.45, 2.75) is 32.5 Å². The van der Waals surface area contributed by atoms with E-state index in [1.807, 2.05) is 13.8 Å². The van der Waals surface area contributed by atoms with E-state index < -0.39 is 23.7 Å².